The number of alkyl halides is 2. The Morgan fingerprint density at radius 2 is 1.82 bits per heavy atom. The van der Waals surface area contributed by atoms with Gasteiger partial charge in [-0.05, 0) is 37.1 Å². The van der Waals surface area contributed by atoms with Crippen molar-refractivity contribution < 1.29 is 23.1 Å². The second-order valence-electron chi connectivity index (χ2n) is 4.99. The number of benzene rings is 1. The van der Waals surface area contributed by atoms with Crippen molar-refractivity contribution >= 4 is 23.6 Å². The zero-order chi connectivity index (χ0) is 16.1. The normalized spacial score (nSPS) is 15.9. The van der Waals surface area contributed by atoms with Gasteiger partial charge in [0, 0.05) is 23.5 Å². The van der Waals surface area contributed by atoms with Crippen molar-refractivity contribution in [1.82, 2.24) is 4.90 Å². The first-order valence-electron chi connectivity index (χ1n) is 6.93. The summed E-state index contributed by atoms with van der Waals surface area (Å²) in [7, 11) is 1.36. The predicted molar refractivity (Wildman–Crippen MR) is 78.9 cm³/mol. The lowest BCUT2D eigenvalue weighted by Gasteiger charge is -2.30. The third-order valence-corrected chi connectivity index (χ3v) is 4.37. The Bertz CT molecular complexity index is 528. The summed E-state index contributed by atoms with van der Waals surface area (Å²) in [5.74, 6) is -3.00. The molecule has 120 valence electrons. The van der Waals surface area contributed by atoms with Crippen LogP contribution >= 0.6 is 11.8 Å². The number of ether oxygens (including phenoxy) is 1. The number of esters is 1. The van der Waals surface area contributed by atoms with Crippen LogP contribution in [-0.4, -0.2) is 42.7 Å². The molecule has 1 heterocycles. The van der Waals surface area contributed by atoms with Gasteiger partial charge in [0.25, 0.3) is 11.7 Å². The van der Waals surface area contributed by atoms with Crippen LogP contribution in [0.2, 0.25) is 0 Å². The van der Waals surface area contributed by atoms with Gasteiger partial charge >= 0.3 is 5.97 Å². The molecule has 0 N–H and O–H groups in total. The highest BCUT2D eigenvalue weighted by Gasteiger charge is 2.28. The highest BCUT2D eigenvalue weighted by atomic mass is 32.2. The molecule has 0 saturated carbocycles. The number of methoxy groups -OCH3 is 1. The number of carbonyl (C=O) groups is 2. The second kappa shape index (κ2) is 7.58. The Hall–Kier alpha value is -1.63. The van der Waals surface area contributed by atoms with Crippen molar-refractivity contribution in [2.24, 2.45) is 5.92 Å². The largest absolute Gasteiger partial charge is 0.469 e. The summed E-state index contributed by atoms with van der Waals surface area (Å²) >= 11 is 0.451. The number of nitrogens with zero attached hydrogens (tertiary/aromatic N) is 1. The fourth-order valence-electron chi connectivity index (χ4n) is 2.45. The summed E-state index contributed by atoms with van der Waals surface area (Å²) in [6.07, 6.45) is 1.16. The summed E-state index contributed by atoms with van der Waals surface area (Å²) in [5.41, 5.74) is 0.468. The van der Waals surface area contributed by atoms with Gasteiger partial charge in [0.2, 0.25) is 0 Å². The van der Waals surface area contributed by atoms with E-state index in [1.165, 1.54) is 19.2 Å². The number of halogens is 2. The van der Waals surface area contributed by atoms with Crippen LogP contribution in [0.1, 0.15) is 23.2 Å². The van der Waals surface area contributed by atoms with E-state index in [1.54, 1.807) is 17.0 Å². The number of thioether (sulfide) groups is 1. The van der Waals surface area contributed by atoms with Gasteiger partial charge in [-0.25, -0.2) is 0 Å². The minimum absolute atomic E-state index is 0.142. The third kappa shape index (κ3) is 4.19. The lowest BCUT2D eigenvalue weighted by Crippen LogP contribution is -2.40. The summed E-state index contributed by atoms with van der Waals surface area (Å²) < 4.78 is 29.2. The van der Waals surface area contributed by atoms with E-state index in [9.17, 15) is 18.4 Å². The Labute approximate surface area is 131 Å². The van der Waals surface area contributed by atoms with E-state index in [1.807, 2.05) is 0 Å². The van der Waals surface area contributed by atoms with E-state index in [0.29, 0.717) is 48.2 Å². The molecule has 0 aliphatic carbocycles. The van der Waals surface area contributed by atoms with Crippen molar-refractivity contribution in [3.8, 4) is 0 Å². The van der Waals surface area contributed by atoms with Crippen molar-refractivity contribution in [2.45, 2.75) is 23.5 Å². The zero-order valence-corrected chi connectivity index (χ0v) is 12.9. The van der Waals surface area contributed by atoms with E-state index >= 15 is 0 Å². The monoisotopic (exact) mass is 329 g/mol. The molecular formula is C15H17F2NO3S. The molecule has 1 saturated heterocycles. The van der Waals surface area contributed by atoms with E-state index in [4.69, 9.17) is 4.74 Å². The summed E-state index contributed by atoms with van der Waals surface area (Å²) in [6.45, 7) is 0.984. The standard InChI is InChI=1S/C15H17F2NO3S/c1-21-14(20)11-6-8-18(9-7-11)13(19)10-2-4-12(5-3-10)22-15(16)17/h2-5,11,15H,6-9H2,1H3. The van der Waals surface area contributed by atoms with Crippen LogP contribution in [0.4, 0.5) is 8.78 Å². The molecule has 1 aliphatic rings. The molecule has 0 atom stereocenters. The highest BCUT2D eigenvalue weighted by molar-refractivity contribution is 7.99. The van der Waals surface area contributed by atoms with Crippen molar-refractivity contribution in [2.75, 3.05) is 20.2 Å². The first-order valence-corrected chi connectivity index (χ1v) is 7.81. The molecule has 22 heavy (non-hydrogen) atoms. The van der Waals surface area contributed by atoms with Crippen LogP contribution in [0.5, 0.6) is 0 Å². The molecule has 4 nitrogen and oxygen atoms in total. The molecule has 1 aromatic carbocycles. The Morgan fingerprint density at radius 3 is 2.32 bits per heavy atom. The molecule has 2 rings (SSSR count). The summed E-state index contributed by atoms with van der Waals surface area (Å²) in [5, 5.41) is 0. The lowest BCUT2D eigenvalue weighted by atomic mass is 9.96. The zero-order valence-electron chi connectivity index (χ0n) is 12.1. The van der Waals surface area contributed by atoms with Crippen LogP contribution < -0.4 is 0 Å². The smallest absolute Gasteiger partial charge is 0.308 e. The predicted octanol–water partition coefficient (Wildman–Crippen LogP) is 3.03. The van der Waals surface area contributed by atoms with Gasteiger partial charge in [0.1, 0.15) is 0 Å². The average Bonchev–Trinajstić information content (AvgIpc) is 2.54. The first-order chi connectivity index (χ1) is 10.5. The van der Waals surface area contributed by atoms with Gasteiger partial charge in [0.15, 0.2) is 0 Å². The van der Waals surface area contributed by atoms with Crippen LogP contribution in [0, 0.1) is 5.92 Å². The van der Waals surface area contributed by atoms with Crippen LogP contribution in [0.15, 0.2) is 29.2 Å². The number of rotatable bonds is 4. The van der Waals surface area contributed by atoms with Crippen molar-refractivity contribution in [3.63, 3.8) is 0 Å². The van der Waals surface area contributed by atoms with Gasteiger partial charge < -0.3 is 9.64 Å². The number of hydrogen-bond donors (Lipinski definition) is 0. The Kier molecular flexibility index (Phi) is 5.76. The molecule has 0 aromatic heterocycles. The number of likely N-dealkylation sites (tertiary alicyclic amines) is 1. The minimum atomic E-state index is -2.47. The molecule has 1 amide bonds. The SMILES string of the molecule is COC(=O)C1CCN(C(=O)c2ccc(SC(F)F)cc2)CC1. The highest BCUT2D eigenvalue weighted by Crippen LogP contribution is 2.26. The number of piperidine rings is 1. The number of hydrogen-bond acceptors (Lipinski definition) is 4. The van der Waals surface area contributed by atoms with E-state index < -0.39 is 5.76 Å². The molecule has 0 spiro atoms. The van der Waals surface area contributed by atoms with Crippen molar-refractivity contribution in [3.05, 3.63) is 29.8 Å². The van der Waals surface area contributed by atoms with Crippen LogP contribution in [0.25, 0.3) is 0 Å². The second-order valence-corrected chi connectivity index (χ2v) is 6.06. The molecule has 1 aliphatic heterocycles. The van der Waals surface area contributed by atoms with Crippen molar-refractivity contribution in [1.29, 1.82) is 0 Å². The third-order valence-electron chi connectivity index (χ3n) is 3.64. The number of amides is 1. The Balaban J connectivity index is 1.93. The quantitative estimate of drug-likeness (QED) is 0.629. The van der Waals surface area contributed by atoms with Gasteiger partial charge in [-0.3, -0.25) is 9.59 Å². The van der Waals surface area contributed by atoms with Gasteiger partial charge in [0.05, 0.1) is 13.0 Å². The topological polar surface area (TPSA) is 46.6 Å². The van der Waals surface area contributed by atoms with Gasteiger partial charge in [-0.2, -0.15) is 8.78 Å². The minimum Gasteiger partial charge on any atom is -0.469 e. The molecule has 1 fully saturated rings. The molecule has 0 radical (unpaired) electrons. The van der Waals surface area contributed by atoms with Crippen LogP contribution in [-0.2, 0) is 9.53 Å². The lowest BCUT2D eigenvalue weighted by molar-refractivity contribution is -0.146. The first kappa shape index (κ1) is 16.7. The summed E-state index contributed by atoms with van der Waals surface area (Å²) in [4.78, 5) is 25.9. The number of carbonyl (C=O) groups excluding carboxylic acids is 2. The van der Waals surface area contributed by atoms with Gasteiger partial charge in [-0.15, -0.1) is 0 Å². The average molecular weight is 329 g/mol. The van der Waals surface area contributed by atoms with Crippen LogP contribution in [0.3, 0.4) is 0 Å². The molecular weight excluding hydrogens is 312 g/mol. The molecule has 7 heteroatoms. The Morgan fingerprint density at radius 1 is 1.23 bits per heavy atom. The van der Waals surface area contributed by atoms with E-state index in [0.717, 1.165) is 0 Å². The maximum Gasteiger partial charge on any atom is 0.308 e. The molecule has 0 bridgehead atoms. The fourth-order valence-corrected chi connectivity index (χ4v) is 2.95. The maximum atomic E-state index is 12.3. The van der Waals surface area contributed by atoms with Gasteiger partial charge in [-0.1, -0.05) is 11.8 Å². The van der Waals surface area contributed by atoms with E-state index in [-0.39, 0.29) is 17.8 Å². The summed E-state index contributed by atoms with van der Waals surface area (Å²) in [6, 6.07) is 6.15. The van der Waals surface area contributed by atoms with E-state index in [2.05, 4.69) is 0 Å². The fraction of sp³-hybridized carbons (Fsp3) is 0.467. The molecule has 0 unspecified atom stereocenters. The molecule has 1 aromatic rings. The maximum absolute atomic E-state index is 12.3.